The van der Waals surface area contributed by atoms with E-state index in [0.717, 1.165) is 58.3 Å². The maximum atomic E-state index is 12.1. The number of hydrogen-bond acceptors (Lipinski definition) is 4. The van der Waals surface area contributed by atoms with Gasteiger partial charge in [-0.05, 0) is 12.8 Å². The molecule has 0 spiro atoms. The summed E-state index contributed by atoms with van der Waals surface area (Å²) in [5, 5.41) is 6.49. The zero-order valence-electron chi connectivity index (χ0n) is 12.1. The Labute approximate surface area is 120 Å². The number of nitrogens with zero attached hydrogens (tertiary/aromatic N) is 1. The van der Waals surface area contributed by atoms with Gasteiger partial charge in [-0.2, -0.15) is 0 Å². The Bertz CT molecular complexity index is 347. The average Bonchev–Trinajstić information content (AvgIpc) is 2.49. The third-order valence-corrected chi connectivity index (χ3v) is 4.45. The quantitative estimate of drug-likeness (QED) is 0.639. The number of nitrogens with two attached hydrogens (primary N) is 1. The van der Waals surface area contributed by atoms with Crippen molar-refractivity contribution >= 4 is 11.8 Å². The number of carbonyl (C=O) groups excluding carboxylic acids is 2. The number of nitrogens with one attached hydrogen (secondary N) is 2. The molecule has 1 aliphatic carbocycles. The zero-order chi connectivity index (χ0) is 14.4. The van der Waals surface area contributed by atoms with E-state index in [9.17, 15) is 9.59 Å². The van der Waals surface area contributed by atoms with Gasteiger partial charge >= 0.3 is 0 Å². The maximum Gasteiger partial charge on any atom is 0.237 e. The first kappa shape index (κ1) is 15.3. The molecule has 6 nitrogen and oxygen atoms in total. The minimum Gasteiger partial charge on any atom is -0.368 e. The molecule has 0 bridgehead atoms. The predicted octanol–water partition coefficient (Wildman–Crippen LogP) is -0.414. The van der Waals surface area contributed by atoms with Gasteiger partial charge in [0.2, 0.25) is 11.8 Å². The largest absolute Gasteiger partial charge is 0.368 e. The fourth-order valence-corrected chi connectivity index (χ4v) is 3.15. The molecule has 20 heavy (non-hydrogen) atoms. The van der Waals surface area contributed by atoms with Crippen LogP contribution in [0.3, 0.4) is 0 Å². The lowest BCUT2D eigenvalue weighted by Gasteiger charge is -2.35. The van der Waals surface area contributed by atoms with Crippen LogP contribution in [0.15, 0.2) is 0 Å². The van der Waals surface area contributed by atoms with Gasteiger partial charge in [-0.1, -0.05) is 19.3 Å². The molecule has 114 valence electrons. The van der Waals surface area contributed by atoms with Crippen LogP contribution < -0.4 is 16.4 Å². The Balaban J connectivity index is 1.78. The van der Waals surface area contributed by atoms with Crippen LogP contribution >= 0.6 is 0 Å². The highest BCUT2D eigenvalue weighted by molar-refractivity contribution is 5.85. The third kappa shape index (κ3) is 3.70. The lowest BCUT2D eigenvalue weighted by molar-refractivity contribution is -0.132. The number of carbonyl (C=O) groups is 2. The Morgan fingerprint density at radius 3 is 2.40 bits per heavy atom. The van der Waals surface area contributed by atoms with E-state index >= 15 is 0 Å². The molecular formula is C14H26N4O2. The molecule has 6 heteroatoms. The van der Waals surface area contributed by atoms with Crippen LogP contribution in [0.2, 0.25) is 0 Å². The summed E-state index contributed by atoms with van der Waals surface area (Å²) in [6, 6.07) is 0. The summed E-state index contributed by atoms with van der Waals surface area (Å²) in [6.45, 7) is 3.82. The summed E-state index contributed by atoms with van der Waals surface area (Å²) in [6.07, 6.45) is 5.25. The van der Waals surface area contributed by atoms with Crippen molar-refractivity contribution in [3.63, 3.8) is 0 Å². The van der Waals surface area contributed by atoms with Crippen molar-refractivity contribution in [3.05, 3.63) is 0 Å². The van der Waals surface area contributed by atoms with E-state index in [0.29, 0.717) is 13.0 Å². The maximum absolute atomic E-state index is 12.1. The Hall–Kier alpha value is -1.14. The van der Waals surface area contributed by atoms with Crippen LogP contribution in [0.5, 0.6) is 0 Å². The molecule has 2 fully saturated rings. The molecule has 0 aromatic heterocycles. The summed E-state index contributed by atoms with van der Waals surface area (Å²) in [4.78, 5) is 25.7. The topological polar surface area (TPSA) is 87.5 Å². The Kier molecular flexibility index (Phi) is 5.37. The first-order valence-corrected chi connectivity index (χ1v) is 7.67. The van der Waals surface area contributed by atoms with E-state index in [1.165, 1.54) is 0 Å². The van der Waals surface area contributed by atoms with E-state index in [1.54, 1.807) is 0 Å². The van der Waals surface area contributed by atoms with Gasteiger partial charge in [-0.25, -0.2) is 0 Å². The Morgan fingerprint density at radius 1 is 1.15 bits per heavy atom. The fraction of sp³-hybridized carbons (Fsp3) is 0.857. The van der Waals surface area contributed by atoms with E-state index in [1.807, 2.05) is 4.90 Å². The van der Waals surface area contributed by atoms with E-state index in [-0.39, 0.29) is 11.8 Å². The van der Waals surface area contributed by atoms with Gasteiger partial charge in [0.15, 0.2) is 0 Å². The first-order valence-electron chi connectivity index (χ1n) is 7.67. The highest BCUT2D eigenvalue weighted by atomic mass is 16.2. The zero-order valence-corrected chi connectivity index (χ0v) is 12.1. The van der Waals surface area contributed by atoms with Gasteiger partial charge in [0, 0.05) is 39.1 Å². The molecule has 1 aliphatic heterocycles. The summed E-state index contributed by atoms with van der Waals surface area (Å²) in [5.41, 5.74) is 4.98. The first-order chi connectivity index (χ1) is 9.64. The van der Waals surface area contributed by atoms with Crippen LogP contribution in [0.1, 0.15) is 38.5 Å². The smallest absolute Gasteiger partial charge is 0.237 e. The average molecular weight is 282 g/mol. The molecule has 2 rings (SSSR count). The van der Waals surface area contributed by atoms with Crippen LogP contribution in [0.4, 0.5) is 0 Å². The van der Waals surface area contributed by atoms with Gasteiger partial charge in [-0.15, -0.1) is 0 Å². The second kappa shape index (κ2) is 7.04. The highest BCUT2D eigenvalue weighted by Crippen LogP contribution is 2.27. The van der Waals surface area contributed by atoms with Crippen LogP contribution in [0, 0.1) is 0 Å². The molecule has 0 unspecified atom stereocenters. The van der Waals surface area contributed by atoms with Crippen LogP contribution in [-0.2, 0) is 9.59 Å². The van der Waals surface area contributed by atoms with Gasteiger partial charge < -0.3 is 21.3 Å². The molecule has 0 aromatic rings. The molecule has 2 aliphatic rings. The predicted molar refractivity (Wildman–Crippen MR) is 77.1 cm³/mol. The van der Waals surface area contributed by atoms with E-state index in [4.69, 9.17) is 5.73 Å². The SMILES string of the molecule is NC(=O)C1(NCCC(=O)N2CCNCC2)CCCCC1. The third-order valence-electron chi connectivity index (χ3n) is 4.45. The van der Waals surface area contributed by atoms with Gasteiger partial charge in [-0.3, -0.25) is 9.59 Å². The molecule has 4 N–H and O–H groups in total. The summed E-state index contributed by atoms with van der Waals surface area (Å²) < 4.78 is 0. The lowest BCUT2D eigenvalue weighted by atomic mass is 9.81. The summed E-state index contributed by atoms with van der Waals surface area (Å²) in [7, 11) is 0. The van der Waals surface area contributed by atoms with Crippen molar-refractivity contribution in [2.24, 2.45) is 5.73 Å². The molecule has 0 aromatic carbocycles. The van der Waals surface area contributed by atoms with Gasteiger partial charge in [0.25, 0.3) is 0 Å². The molecule has 0 radical (unpaired) electrons. The number of rotatable bonds is 5. The second-order valence-corrected chi connectivity index (χ2v) is 5.81. The molecule has 2 amide bonds. The van der Waals surface area contributed by atoms with E-state index < -0.39 is 5.54 Å². The minimum atomic E-state index is -0.581. The van der Waals surface area contributed by atoms with Crippen molar-refractivity contribution in [1.82, 2.24) is 15.5 Å². The number of primary amides is 1. The molecular weight excluding hydrogens is 256 g/mol. The second-order valence-electron chi connectivity index (χ2n) is 5.81. The van der Waals surface area contributed by atoms with Gasteiger partial charge in [0.1, 0.15) is 0 Å². The van der Waals surface area contributed by atoms with Crippen LogP contribution in [-0.4, -0.2) is 55.0 Å². The van der Waals surface area contributed by atoms with Crippen molar-refractivity contribution in [1.29, 1.82) is 0 Å². The molecule has 1 saturated carbocycles. The van der Waals surface area contributed by atoms with Gasteiger partial charge in [0.05, 0.1) is 5.54 Å². The van der Waals surface area contributed by atoms with Crippen molar-refractivity contribution in [2.45, 2.75) is 44.1 Å². The standard InChI is InChI=1S/C14H26N4O2/c15-13(20)14(5-2-1-3-6-14)17-7-4-12(19)18-10-8-16-9-11-18/h16-17H,1-11H2,(H2,15,20). The molecule has 1 saturated heterocycles. The summed E-state index contributed by atoms with van der Waals surface area (Å²) in [5.74, 6) is -0.110. The number of hydrogen-bond donors (Lipinski definition) is 3. The number of piperazine rings is 1. The minimum absolute atomic E-state index is 0.162. The van der Waals surface area contributed by atoms with Crippen molar-refractivity contribution < 1.29 is 9.59 Å². The van der Waals surface area contributed by atoms with Crippen molar-refractivity contribution in [2.75, 3.05) is 32.7 Å². The fourth-order valence-electron chi connectivity index (χ4n) is 3.15. The number of amides is 2. The van der Waals surface area contributed by atoms with Crippen molar-refractivity contribution in [3.8, 4) is 0 Å². The molecule has 0 atom stereocenters. The Morgan fingerprint density at radius 2 is 1.80 bits per heavy atom. The normalized spacial score (nSPS) is 22.5. The van der Waals surface area contributed by atoms with Crippen LogP contribution in [0.25, 0.3) is 0 Å². The highest BCUT2D eigenvalue weighted by Gasteiger charge is 2.37. The monoisotopic (exact) mass is 282 g/mol. The molecule has 1 heterocycles. The van der Waals surface area contributed by atoms with E-state index in [2.05, 4.69) is 10.6 Å². The summed E-state index contributed by atoms with van der Waals surface area (Å²) >= 11 is 0. The lowest BCUT2D eigenvalue weighted by Crippen LogP contribution is -2.57.